The summed E-state index contributed by atoms with van der Waals surface area (Å²) in [5.41, 5.74) is 10.5. The fourth-order valence-corrected chi connectivity index (χ4v) is 5.85. The van der Waals surface area contributed by atoms with Gasteiger partial charge in [0.25, 0.3) is 0 Å². The number of hydrogen-bond acceptors (Lipinski definition) is 6. The van der Waals surface area contributed by atoms with Gasteiger partial charge in [0, 0.05) is 55.6 Å². The number of nitrogens with one attached hydrogen (secondary N) is 1. The van der Waals surface area contributed by atoms with Crippen LogP contribution in [0.3, 0.4) is 0 Å². The minimum Gasteiger partial charge on any atom is -0.457 e. The van der Waals surface area contributed by atoms with E-state index in [-0.39, 0.29) is 5.91 Å². The maximum absolute atomic E-state index is 13.1. The van der Waals surface area contributed by atoms with Crippen LogP contribution in [0.4, 0.5) is 0 Å². The highest BCUT2D eigenvalue weighted by molar-refractivity contribution is 7.13. The molecule has 0 radical (unpaired) electrons. The molecule has 1 atom stereocenters. The highest BCUT2D eigenvalue weighted by atomic mass is 32.1. The first-order chi connectivity index (χ1) is 19.1. The molecule has 5 aromatic rings. The molecule has 3 aromatic heterocycles. The number of aromatic nitrogens is 2. The lowest BCUT2D eigenvalue weighted by Crippen LogP contribution is -2.53. The number of benzene rings is 2. The molecule has 39 heavy (non-hydrogen) atoms. The van der Waals surface area contributed by atoms with E-state index in [2.05, 4.69) is 50.6 Å². The Labute approximate surface area is 231 Å². The van der Waals surface area contributed by atoms with Crippen LogP contribution in [0.15, 0.2) is 90.6 Å². The summed E-state index contributed by atoms with van der Waals surface area (Å²) in [5, 5.41) is 3.02. The van der Waals surface area contributed by atoms with Crippen LogP contribution in [0.25, 0.3) is 21.5 Å². The number of rotatable bonds is 8. The quantitative estimate of drug-likeness (QED) is 0.281. The maximum Gasteiger partial charge on any atom is 0.239 e. The predicted octanol–water partition coefficient (Wildman–Crippen LogP) is 5.30. The Morgan fingerprint density at radius 2 is 1.77 bits per heavy atom. The van der Waals surface area contributed by atoms with Crippen molar-refractivity contribution in [3.63, 3.8) is 0 Å². The number of pyridine rings is 1. The number of nitrogens with two attached hydrogens (primary N) is 1. The van der Waals surface area contributed by atoms with Gasteiger partial charge in [0.05, 0.1) is 11.4 Å². The Hall–Kier alpha value is -3.98. The third-order valence-corrected chi connectivity index (χ3v) is 8.08. The molecule has 0 saturated carbocycles. The van der Waals surface area contributed by atoms with Gasteiger partial charge in [-0.1, -0.05) is 48.5 Å². The summed E-state index contributed by atoms with van der Waals surface area (Å²) in [6.07, 6.45) is 4.21. The Morgan fingerprint density at radius 1 is 0.974 bits per heavy atom. The van der Waals surface area contributed by atoms with Gasteiger partial charge in [0.1, 0.15) is 17.1 Å². The Bertz CT molecular complexity index is 1520. The molecule has 3 N–H and O–H groups in total. The zero-order chi connectivity index (χ0) is 26.6. The van der Waals surface area contributed by atoms with Crippen LogP contribution in [0, 0.1) is 0 Å². The number of aromatic amines is 1. The zero-order valence-electron chi connectivity index (χ0n) is 21.6. The average Bonchev–Trinajstić information content (AvgIpc) is 3.65. The lowest BCUT2D eigenvalue weighted by molar-refractivity contribution is -0.134. The standard InChI is InChI=1S/C31H31N5O2S/c32-26(31(37)36-16-14-35(15-17-36)21-23-5-2-1-3-6-23)19-22-8-10-24(11-9-22)38-27-12-13-33-30-29(27)25(20-34-30)28-7-4-18-39-28/h1-13,18,20,26H,14-17,19,21,32H2,(H,33,34). The fourth-order valence-electron chi connectivity index (χ4n) is 5.10. The second-order valence-electron chi connectivity index (χ2n) is 9.86. The Balaban J connectivity index is 1.06. The second kappa shape index (κ2) is 11.4. The minimum absolute atomic E-state index is 0.0161. The normalized spacial score (nSPS) is 14.9. The van der Waals surface area contributed by atoms with E-state index in [0.717, 1.165) is 58.2 Å². The highest BCUT2D eigenvalue weighted by Crippen LogP contribution is 2.38. The van der Waals surface area contributed by atoms with Gasteiger partial charge in [0.15, 0.2) is 0 Å². The van der Waals surface area contributed by atoms with Crippen molar-refractivity contribution in [3.05, 3.63) is 102 Å². The summed E-state index contributed by atoms with van der Waals surface area (Å²) in [4.78, 5) is 26.2. The number of piperazine rings is 1. The van der Waals surface area contributed by atoms with Crippen LogP contribution in [0.2, 0.25) is 0 Å². The molecule has 4 heterocycles. The Morgan fingerprint density at radius 3 is 2.51 bits per heavy atom. The number of nitrogens with zero attached hydrogens (tertiary/aromatic N) is 3. The van der Waals surface area contributed by atoms with Crippen molar-refractivity contribution in [1.82, 2.24) is 19.8 Å². The van der Waals surface area contributed by atoms with E-state index in [0.29, 0.717) is 19.5 Å². The highest BCUT2D eigenvalue weighted by Gasteiger charge is 2.25. The number of amides is 1. The van der Waals surface area contributed by atoms with Gasteiger partial charge < -0.3 is 20.4 Å². The second-order valence-corrected chi connectivity index (χ2v) is 10.8. The number of ether oxygens (including phenoxy) is 1. The third kappa shape index (κ3) is 5.73. The lowest BCUT2D eigenvalue weighted by Gasteiger charge is -2.36. The number of carbonyl (C=O) groups excluding carboxylic acids is 1. The molecule has 1 fully saturated rings. The third-order valence-electron chi connectivity index (χ3n) is 7.18. The van der Waals surface area contributed by atoms with Crippen LogP contribution in [0.1, 0.15) is 11.1 Å². The molecule has 6 rings (SSSR count). The SMILES string of the molecule is NC(Cc1ccc(Oc2ccnc3[nH]cc(-c4cccs4)c23)cc1)C(=O)N1CCN(Cc2ccccc2)CC1. The topological polar surface area (TPSA) is 87.5 Å². The summed E-state index contributed by atoms with van der Waals surface area (Å²) >= 11 is 1.68. The van der Waals surface area contributed by atoms with E-state index in [9.17, 15) is 4.79 Å². The summed E-state index contributed by atoms with van der Waals surface area (Å²) in [6, 6.07) is 23.7. The van der Waals surface area contributed by atoms with E-state index in [1.54, 1.807) is 17.5 Å². The molecular formula is C31H31N5O2S. The molecule has 0 bridgehead atoms. The molecule has 8 heteroatoms. The molecule has 0 aliphatic carbocycles. The van der Waals surface area contributed by atoms with Gasteiger partial charge in [-0.25, -0.2) is 4.98 Å². The van der Waals surface area contributed by atoms with Crippen LogP contribution in [-0.4, -0.2) is 57.9 Å². The number of H-pyrrole nitrogens is 1. The molecule has 0 spiro atoms. The molecule has 7 nitrogen and oxygen atoms in total. The van der Waals surface area contributed by atoms with Crippen molar-refractivity contribution in [2.24, 2.45) is 5.73 Å². The molecule has 2 aromatic carbocycles. The summed E-state index contributed by atoms with van der Waals surface area (Å²) in [7, 11) is 0. The first-order valence-corrected chi connectivity index (χ1v) is 14.1. The molecule has 1 amide bonds. The molecule has 1 aliphatic rings. The van der Waals surface area contributed by atoms with Crippen molar-refractivity contribution >= 4 is 28.3 Å². The molecule has 198 valence electrons. The average molecular weight is 538 g/mol. The van der Waals surface area contributed by atoms with Gasteiger partial charge in [-0.2, -0.15) is 0 Å². The van der Waals surface area contributed by atoms with E-state index in [4.69, 9.17) is 10.5 Å². The van der Waals surface area contributed by atoms with Gasteiger partial charge in [-0.3, -0.25) is 9.69 Å². The van der Waals surface area contributed by atoms with Gasteiger partial charge in [0.2, 0.25) is 5.91 Å². The molecule has 1 saturated heterocycles. The number of fused-ring (bicyclic) bond motifs is 1. The van der Waals surface area contributed by atoms with Crippen molar-refractivity contribution in [2.45, 2.75) is 19.0 Å². The molecule has 1 unspecified atom stereocenters. The van der Waals surface area contributed by atoms with Crippen LogP contribution in [0.5, 0.6) is 11.5 Å². The largest absolute Gasteiger partial charge is 0.457 e. The number of thiophene rings is 1. The number of carbonyl (C=O) groups is 1. The van der Waals surface area contributed by atoms with Crippen LogP contribution in [-0.2, 0) is 17.8 Å². The van der Waals surface area contributed by atoms with Crippen molar-refractivity contribution in [3.8, 4) is 21.9 Å². The monoisotopic (exact) mass is 537 g/mol. The van der Waals surface area contributed by atoms with E-state index in [1.165, 1.54) is 5.56 Å². The summed E-state index contributed by atoms with van der Waals surface area (Å²) in [5.74, 6) is 1.48. The van der Waals surface area contributed by atoms with Crippen molar-refractivity contribution in [1.29, 1.82) is 0 Å². The van der Waals surface area contributed by atoms with E-state index in [1.807, 2.05) is 53.6 Å². The van der Waals surface area contributed by atoms with E-state index >= 15 is 0 Å². The first kappa shape index (κ1) is 25.3. The van der Waals surface area contributed by atoms with Crippen LogP contribution < -0.4 is 10.5 Å². The predicted molar refractivity (Wildman–Crippen MR) is 156 cm³/mol. The number of hydrogen-bond donors (Lipinski definition) is 2. The van der Waals surface area contributed by atoms with Gasteiger partial charge >= 0.3 is 0 Å². The zero-order valence-corrected chi connectivity index (χ0v) is 22.4. The maximum atomic E-state index is 13.1. The van der Waals surface area contributed by atoms with Crippen molar-refractivity contribution in [2.75, 3.05) is 26.2 Å². The summed E-state index contributed by atoms with van der Waals surface area (Å²) in [6.45, 7) is 4.04. The molecular weight excluding hydrogens is 506 g/mol. The van der Waals surface area contributed by atoms with Gasteiger partial charge in [-0.05, 0) is 47.2 Å². The smallest absolute Gasteiger partial charge is 0.239 e. The van der Waals surface area contributed by atoms with E-state index < -0.39 is 6.04 Å². The fraction of sp³-hybridized carbons (Fsp3) is 0.226. The Kier molecular flexibility index (Phi) is 7.40. The summed E-state index contributed by atoms with van der Waals surface area (Å²) < 4.78 is 6.28. The lowest BCUT2D eigenvalue weighted by atomic mass is 10.0. The van der Waals surface area contributed by atoms with Crippen molar-refractivity contribution < 1.29 is 9.53 Å². The van der Waals surface area contributed by atoms with Gasteiger partial charge in [-0.15, -0.1) is 11.3 Å². The minimum atomic E-state index is -0.564. The van der Waals surface area contributed by atoms with Crippen LogP contribution >= 0.6 is 11.3 Å². The first-order valence-electron chi connectivity index (χ1n) is 13.2. The molecule has 1 aliphatic heterocycles.